The highest BCUT2D eigenvalue weighted by Crippen LogP contribution is 2.16. The van der Waals surface area contributed by atoms with Gasteiger partial charge in [0, 0.05) is 0 Å². The molecule has 1 heterocycles. The van der Waals surface area contributed by atoms with Crippen LogP contribution in [0.25, 0.3) is 0 Å². The number of hydrogen-bond acceptors (Lipinski definition) is 4. The first-order valence-corrected chi connectivity index (χ1v) is 2.87. The van der Waals surface area contributed by atoms with Crippen LogP contribution in [-0.4, -0.2) is 11.4 Å². The Morgan fingerprint density at radius 2 is 2.36 bits per heavy atom. The number of aromatic nitrogens is 2. The van der Waals surface area contributed by atoms with Crippen molar-refractivity contribution in [3.05, 3.63) is 6.33 Å². The lowest BCUT2D eigenvalue weighted by atomic mass is 10.4. The summed E-state index contributed by atoms with van der Waals surface area (Å²) in [4.78, 5) is 16.3. The number of rotatable bonds is 2. The minimum Gasteiger partial charge on any atom is -0.368 e. The third-order valence-electron chi connectivity index (χ3n) is 1.15. The molecule has 11 heavy (non-hydrogen) atoms. The first-order chi connectivity index (χ1) is 5.25. The number of hydrogen-bond donors (Lipinski definition) is 3. The fourth-order valence-corrected chi connectivity index (χ4v) is 0.657. The average molecular weight is 154 g/mol. The van der Waals surface area contributed by atoms with Gasteiger partial charge in [-0.1, -0.05) is 4.98 Å². The first kappa shape index (κ1) is 7.26. The molecule has 0 bridgehead atoms. The van der Waals surface area contributed by atoms with Crippen LogP contribution in [0, 0.1) is 0 Å². The number of amides is 1. The summed E-state index contributed by atoms with van der Waals surface area (Å²) in [6, 6.07) is 0. The van der Waals surface area contributed by atoms with Gasteiger partial charge in [-0.2, -0.15) is 0 Å². The molecule has 0 fully saturated rings. The van der Waals surface area contributed by atoms with E-state index in [4.69, 9.17) is 11.5 Å². The normalized spacial score (nSPS) is 9.09. The van der Waals surface area contributed by atoms with Gasteiger partial charge in [0.25, 0.3) is 0 Å². The van der Waals surface area contributed by atoms with Gasteiger partial charge in [-0.25, -0.2) is 4.98 Å². The van der Waals surface area contributed by atoms with Crippen LogP contribution in [0.3, 0.4) is 0 Å². The molecule has 1 aromatic heterocycles. The Labute approximate surface area is 62.6 Å². The monoisotopic (exact) mass is 154 g/mol. The standard InChI is InChI=1S/C5H7N5O/c6-4-3(10-2-11)5(7)9-1-8-4/h1-2H,(H,10,11)(H4,6,7,8,9)/p+1. The lowest BCUT2D eigenvalue weighted by Gasteiger charge is -1.98. The van der Waals surface area contributed by atoms with Crippen molar-refractivity contribution in [2.24, 2.45) is 0 Å². The second kappa shape index (κ2) is 2.82. The van der Waals surface area contributed by atoms with Crippen LogP contribution in [-0.2, 0) is 4.79 Å². The van der Waals surface area contributed by atoms with Gasteiger partial charge in [0.2, 0.25) is 24.4 Å². The molecular formula is C5H8N5O+. The van der Waals surface area contributed by atoms with Crippen LogP contribution < -0.4 is 21.8 Å². The van der Waals surface area contributed by atoms with E-state index in [0.717, 1.165) is 0 Å². The van der Waals surface area contributed by atoms with E-state index in [2.05, 4.69) is 15.3 Å². The highest BCUT2D eigenvalue weighted by molar-refractivity contribution is 5.83. The predicted octanol–water partition coefficient (Wildman–Crippen LogP) is -1.37. The van der Waals surface area contributed by atoms with E-state index >= 15 is 0 Å². The maximum atomic E-state index is 10.0. The molecule has 0 spiro atoms. The number of nitrogens with one attached hydrogen (secondary N) is 2. The molecular weight excluding hydrogens is 146 g/mol. The number of nitrogens with zero attached hydrogens (tertiary/aromatic N) is 1. The Kier molecular flexibility index (Phi) is 1.86. The minimum atomic E-state index is 0.188. The van der Waals surface area contributed by atoms with Crippen LogP contribution in [0.2, 0.25) is 0 Å². The summed E-state index contributed by atoms with van der Waals surface area (Å²) in [5.41, 5.74) is 11.1. The van der Waals surface area contributed by atoms with Gasteiger partial charge >= 0.3 is 0 Å². The summed E-state index contributed by atoms with van der Waals surface area (Å²) in [7, 11) is 0. The fourth-order valence-electron chi connectivity index (χ4n) is 0.657. The molecule has 1 amide bonds. The Morgan fingerprint density at radius 1 is 1.64 bits per heavy atom. The Bertz CT molecular complexity index is 253. The maximum Gasteiger partial charge on any atom is 0.246 e. The van der Waals surface area contributed by atoms with E-state index in [0.29, 0.717) is 12.1 Å². The summed E-state index contributed by atoms with van der Waals surface area (Å²) in [6.45, 7) is 0. The zero-order chi connectivity index (χ0) is 8.27. The summed E-state index contributed by atoms with van der Waals surface area (Å²) in [5, 5.41) is 2.32. The molecule has 0 aliphatic heterocycles. The number of H-pyrrole nitrogens is 1. The van der Waals surface area contributed by atoms with Crippen molar-refractivity contribution in [2.45, 2.75) is 0 Å². The predicted molar refractivity (Wildman–Crippen MR) is 39.3 cm³/mol. The molecule has 58 valence electrons. The molecule has 0 aliphatic rings. The van der Waals surface area contributed by atoms with Gasteiger partial charge in [-0.15, -0.1) is 0 Å². The van der Waals surface area contributed by atoms with Crippen molar-refractivity contribution in [2.75, 3.05) is 16.8 Å². The first-order valence-electron chi connectivity index (χ1n) is 2.87. The van der Waals surface area contributed by atoms with E-state index in [1.165, 1.54) is 6.33 Å². The molecule has 1 rings (SSSR count). The van der Waals surface area contributed by atoms with Crippen molar-refractivity contribution in [1.82, 2.24) is 4.98 Å². The highest BCUT2D eigenvalue weighted by Gasteiger charge is 2.08. The molecule has 1 aromatic rings. The van der Waals surface area contributed by atoms with Gasteiger partial charge in [0.05, 0.1) is 0 Å². The van der Waals surface area contributed by atoms with E-state index in [-0.39, 0.29) is 11.6 Å². The van der Waals surface area contributed by atoms with Crippen molar-refractivity contribution in [3.8, 4) is 0 Å². The third kappa shape index (κ3) is 1.34. The molecule has 0 unspecified atom stereocenters. The number of aromatic amines is 1. The summed E-state index contributed by atoms with van der Waals surface area (Å²) < 4.78 is 0. The van der Waals surface area contributed by atoms with Gasteiger partial charge in [0.1, 0.15) is 0 Å². The number of carbonyl (C=O) groups is 1. The minimum absolute atomic E-state index is 0.188. The summed E-state index contributed by atoms with van der Waals surface area (Å²) in [6.07, 6.45) is 1.83. The van der Waals surface area contributed by atoms with Gasteiger partial charge in [0.15, 0.2) is 5.69 Å². The molecule has 6 heteroatoms. The highest BCUT2D eigenvalue weighted by atomic mass is 16.1. The second-order valence-corrected chi connectivity index (χ2v) is 1.84. The number of nitrogen functional groups attached to an aromatic ring is 2. The Morgan fingerprint density at radius 3 is 2.91 bits per heavy atom. The molecule has 0 aliphatic carbocycles. The van der Waals surface area contributed by atoms with Crippen LogP contribution >= 0.6 is 0 Å². The maximum absolute atomic E-state index is 10.0. The number of carbonyl (C=O) groups excluding carboxylic acids is 1. The lowest BCUT2D eigenvalue weighted by molar-refractivity contribution is -0.364. The van der Waals surface area contributed by atoms with Crippen LogP contribution in [0.15, 0.2) is 6.33 Å². The molecule has 6 nitrogen and oxygen atoms in total. The lowest BCUT2D eigenvalue weighted by Crippen LogP contribution is -2.16. The van der Waals surface area contributed by atoms with E-state index in [1.54, 1.807) is 0 Å². The third-order valence-corrected chi connectivity index (χ3v) is 1.15. The average Bonchev–Trinajstić information content (AvgIpc) is 1.97. The van der Waals surface area contributed by atoms with Crippen molar-refractivity contribution < 1.29 is 9.78 Å². The molecule has 0 saturated carbocycles. The molecule has 6 N–H and O–H groups in total. The fraction of sp³-hybridized carbons (Fsp3) is 0. The van der Waals surface area contributed by atoms with Crippen molar-refractivity contribution in [3.63, 3.8) is 0 Å². The topological polar surface area (TPSA) is 108 Å². The van der Waals surface area contributed by atoms with E-state index in [9.17, 15) is 4.79 Å². The largest absolute Gasteiger partial charge is 0.368 e. The molecule has 0 saturated heterocycles. The number of anilines is 3. The summed E-state index contributed by atoms with van der Waals surface area (Å²) >= 11 is 0. The van der Waals surface area contributed by atoms with Gasteiger partial charge in [-0.3, -0.25) is 4.79 Å². The van der Waals surface area contributed by atoms with Crippen LogP contribution in [0.1, 0.15) is 0 Å². The van der Waals surface area contributed by atoms with Crippen LogP contribution in [0.4, 0.5) is 17.3 Å². The van der Waals surface area contributed by atoms with Crippen molar-refractivity contribution >= 4 is 23.7 Å². The van der Waals surface area contributed by atoms with Gasteiger partial charge < -0.3 is 16.8 Å². The van der Waals surface area contributed by atoms with E-state index in [1.807, 2.05) is 0 Å². The molecule has 0 atom stereocenters. The summed E-state index contributed by atoms with van der Waals surface area (Å²) in [5.74, 6) is 0.470. The SMILES string of the molecule is Nc1nc[nH+]c(N)c1NC=O. The number of nitrogens with two attached hydrogens (primary N) is 2. The smallest absolute Gasteiger partial charge is 0.246 e. The zero-order valence-electron chi connectivity index (χ0n) is 5.66. The van der Waals surface area contributed by atoms with Crippen LogP contribution in [0.5, 0.6) is 0 Å². The molecule has 0 aromatic carbocycles. The Hall–Kier alpha value is -1.85. The zero-order valence-corrected chi connectivity index (χ0v) is 5.66. The Balaban J connectivity index is 3.09. The van der Waals surface area contributed by atoms with Crippen molar-refractivity contribution in [1.29, 1.82) is 0 Å². The van der Waals surface area contributed by atoms with E-state index < -0.39 is 0 Å². The van der Waals surface area contributed by atoms with Gasteiger partial charge in [-0.05, 0) is 0 Å². The molecule has 0 radical (unpaired) electrons. The quantitative estimate of drug-likeness (QED) is 0.456. The second-order valence-electron chi connectivity index (χ2n) is 1.84.